The molecule has 3 nitrogen and oxygen atoms in total. The molecule has 2 aromatic rings. The van der Waals surface area contributed by atoms with Gasteiger partial charge >= 0.3 is 5.91 Å². The lowest BCUT2D eigenvalue weighted by Gasteiger charge is -2.16. The van der Waals surface area contributed by atoms with Crippen LogP contribution in [0.3, 0.4) is 0 Å². The predicted octanol–water partition coefficient (Wildman–Crippen LogP) is 3.31. The lowest BCUT2D eigenvalue weighted by molar-refractivity contribution is -0.113. The number of amides is 1. The van der Waals surface area contributed by atoms with E-state index in [0.29, 0.717) is 16.9 Å². The van der Waals surface area contributed by atoms with E-state index in [0.717, 1.165) is 4.47 Å². The lowest BCUT2D eigenvalue weighted by atomic mass is 10.1. The molecule has 1 aliphatic rings. The van der Waals surface area contributed by atoms with E-state index in [9.17, 15) is 9.59 Å². The fourth-order valence-corrected chi connectivity index (χ4v) is 2.30. The minimum Gasteiger partial charge on any atom is -0.283 e. The van der Waals surface area contributed by atoms with Crippen LogP contribution in [-0.2, 0) is 4.79 Å². The molecule has 4 heteroatoms. The molecule has 3 rings (SSSR count). The van der Waals surface area contributed by atoms with Crippen molar-refractivity contribution in [3.8, 4) is 0 Å². The van der Waals surface area contributed by atoms with Crippen molar-refractivity contribution in [3.05, 3.63) is 58.6 Å². The van der Waals surface area contributed by atoms with Crippen LogP contribution in [0, 0.1) is 0 Å². The van der Waals surface area contributed by atoms with Gasteiger partial charge in [-0.1, -0.05) is 28.1 Å². The van der Waals surface area contributed by atoms with E-state index in [1.54, 1.807) is 30.3 Å². The zero-order valence-corrected chi connectivity index (χ0v) is 10.8. The van der Waals surface area contributed by atoms with Crippen LogP contribution < -0.4 is 4.90 Å². The molecule has 1 aliphatic heterocycles. The van der Waals surface area contributed by atoms with Gasteiger partial charge in [-0.05, 0) is 36.4 Å². The molecule has 18 heavy (non-hydrogen) atoms. The smallest absolute Gasteiger partial charge is 0.283 e. The number of carbonyl (C=O) groups is 2. The molecule has 0 aromatic heterocycles. The fraction of sp³-hybridized carbons (Fsp3) is 0. The molecule has 0 N–H and O–H groups in total. The highest BCUT2D eigenvalue weighted by Crippen LogP contribution is 2.35. The molecular weight excluding hydrogens is 294 g/mol. The maximum atomic E-state index is 12.0. The van der Waals surface area contributed by atoms with Crippen molar-refractivity contribution >= 4 is 39.0 Å². The molecule has 88 valence electrons. The van der Waals surface area contributed by atoms with Crippen LogP contribution in [0.15, 0.2) is 53.0 Å². The zero-order valence-electron chi connectivity index (χ0n) is 9.26. The van der Waals surface area contributed by atoms with Gasteiger partial charge < -0.3 is 0 Å². The quantitative estimate of drug-likeness (QED) is 0.758. The van der Waals surface area contributed by atoms with Gasteiger partial charge in [0.2, 0.25) is 0 Å². The van der Waals surface area contributed by atoms with Crippen molar-refractivity contribution in [1.29, 1.82) is 0 Å². The highest BCUT2D eigenvalue weighted by molar-refractivity contribution is 9.10. The molecule has 0 fully saturated rings. The van der Waals surface area contributed by atoms with Crippen LogP contribution >= 0.6 is 15.9 Å². The molecule has 0 aliphatic carbocycles. The summed E-state index contributed by atoms with van der Waals surface area (Å²) in [7, 11) is 0. The molecule has 0 radical (unpaired) electrons. The molecule has 0 atom stereocenters. The summed E-state index contributed by atoms with van der Waals surface area (Å²) in [6, 6.07) is 14.3. The fourth-order valence-electron chi connectivity index (χ4n) is 2.03. The van der Waals surface area contributed by atoms with Gasteiger partial charge in [0.1, 0.15) is 0 Å². The van der Waals surface area contributed by atoms with Gasteiger partial charge in [0, 0.05) is 10.2 Å². The van der Waals surface area contributed by atoms with Gasteiger partial charge in [0.05, 0.1) is 11.3 Å². The number of para-hydroxylation sites is 1. The number of fused-ring (bicyclic) bond motifs is 1. The summed E-state index contributed by atoms with van der Waals surface area (Å²) in [5, 5.41) is 0. The Morgan fingerprint density at radius 1 is 0.889 bits per heavy atom. The van der Waals surface area contributed by atoms with Crippen molar-refractivity contribution in [3.63, 3.8) is 0 Å². The van der Waals surface area contributed by atoms with E-state index in [1.165, 1.54) is 4.90 Å². The molecule has 0 bridgehead atoms. The Balaban J connectivity index is 2.16. The van der Waals surface area contributed by atoms with Gasteiger partial charge in [-0.15, -0.1) is 0 Å². The van der Waals surface area contributed by atoms with Crippen molar-refractivity contribution in [2.45, 2.75) is 0 Å². The molecule has 0 saturated carbocycles. The molecule has 0 unspecified atom stereocenters. The number of halogens is 1. The third-order valence-corrected chi connectivity index (χ3v) is 3.40. The number of nitrogens with zero attached hydrogens (tertiary/aromatic N) is 1. The van der Waals surface area contributed by atoms with Gasteiger partial charge in [0.15, 0.2) is 0 Å². The first-order valence-electron chi connectivity index (χ1n) is 5.42. The maximum absolute atomic E-state index is 12.0. The number of benzene rings is 2. The zero-order chi connectivity index (χ0) is 12.7. The maximum Gasteiger partial charge on any atom is 0.304 e. The summed E-state index contributed by atoms with van der Waals surface area (Å²) in [6.45, 7) is 0. The summed E-state index contributed by atoms with van der Waals surface area (Å²) in [4.78, 5) is 25.3. The second-order valence-electron chi connectivity index (χ2n) is 3.96. The van der Waals surface area contributed by atoms with Gasteiger partial charge in [0.25, 0.3) is 5.78 Å². The van der Waals surface area contributed by atoms with E-state index < -0.39 is 11.7 Å². The number of carbonyl (C=O) groups excluding carboxylic acids is 2. The second-order valence-corrected chi connectivity index (χ2v) is 4.88. The Hall–Kier alpha value is -1.94. The summed E-state index contributed by atoms with van der Waals surface area (Å²) < 4.78 is 0.928. The third kappa shape index (κ3) is 1.57. The first kappa shape index (κ1) is 11.2. The Morgan fingerprint density at radius 2 is 1.56 bits per heavy atom. The number of rotatable bonds is 1. The summed E-state index contributed by atoms with van der Waals surface area (Å²) in [6.07, 6.45) is 0. The van der Waals surface area contributed by atoms with Crippen molar-refractivity contribution in [1.82, 2.24) is 0 Å². The lowest BCUT2D eigenvalue weighted by Crippen LogP contribution is -2.24. The number of hydrogen-bond acceptors (Lipinski definition) is 2. The van der Waals surface area contributed by atoms with E-state index >= 15 is 0 Å². The average Bonchev–Trinajstić information content (AvgIpc) is 2.64. The van der Waals surface area contributed by atoms with Crippen molar-refractivity contribution in [2.75, 3.05) is 4.90 Å². The third-order valence-electron chi connectivity index (χ3n) is 2.87. The molecular formula is C14H8BrNO2. The van der Waals surface area contributed by atoms with Gasteiger partial charge in [-0.2, -0.15) is 0 Å². The number of hydrogen-bond donors (Lipinski definition) is 0. The topological polar surface area (TPSA) is 37.4 Å². The van der Waals surface area contributed by atoms with Gasteiger partial charge in [-0.3, -0.25) is 14.5 Å². The van der Waals surface area contributed by atoms with Gasteiger partial charge in [-0.25, -0.2) is 0 Å². The van der Waals surface area contributed by atoms with Crippen LogP contribution in [-0.4, -0.2) is 11.7 Å². The van der Waals surface area contributed by atoms with E-state index in [2.05, 4.69) is 15.9 Å². The Bertz CT molecular complexity index is 649. The van der Waals surface area contributed by atoms with Crippen LogP contribution in [0.4, 0.5) is 11.4 Å². The summed E-state index contributed by atoms with van der Waals surface area (Å²) >= 11 is 3.34. The van der Waals surface area contributed by atoms with E-state index in [1.807, 2.05) is 18.2 Å². The van der Waals surface area contributed by atoms with Crippen LogP contribution in [0.25, 0.3) is 0 Å². The number of ketones is 1. The Kier molecular flexibility index (Phi) is 2.52. The number of anilines is 2. The van der Waals surface area contributed by atoms with Crippen molar-refractivity contribution < 1.29 is 9.59 Å². The predicted molar refractivity (Wildman–Crippen MR) is 72.1 cm³/mol. The molecule has 2 aromatic carbocycles. The molecule has 1 amide bonds. The van der Waals surface area contributed by atoms with Crippen LogP contribution in [0.1, 0.15) is 10.4 Å². The molecule has 1 heterocycles. The standard InChI is InChI=1S/C14H8BrNO2/c15-9-5-7-10(8-6-9)16-12-4-2-1-3-11(12)13(17)14(16)18/h1-8H. The highest BCUT2D eigenvalue weighted by atomic mass is 79.9. The Morgan fingerprint density at radius 3 is 2.28 bits per heavy atom. The van der Waals surface area contributed by atoms with Crippen molar-refractivity contribution in [2.24, 2.45) is 0 Å². The van der Waals surface area contributed by atoms with Crippen LogP contribution in [0.2, 0.25) is 0 Å². The normalized spacial score (nSPS) is 13.9. The molecule has 0 saturated heterocycles. The first-order valence-corrected chi connectivity index (χ1v) is 6.21. The SMILES string of the molecule is O=C1C(=O)N(c2ccc(Br)cc2)c2ccccc21. The largest absolute Gasteiger partial charge is 0.304 e. The number of Topliss-reactive ketones (excluding diaryl/α,β-unsaturated/α-hetero) is 1. The summed E-state index contributed by atoms with van der Waals surface area (Å²) in [5.41, 5.74) is 1.81. The van der Waals surface area contributed by atoms with E-state index in [4.69, 9.17) is 0 Å². The van der Waals surface area contributed by atoms with E-state index in [-0.39, 0.29) is 0 Å². The highest BCUT2D eigenvalue weighted by Gasteiger charge is 2.36. The molecule has 0 spiro atoms. The minimum atomic E-state index is -0.501. The Labute approximate surface area is 112 Å². The monoisotopic (exact) mass is 301 g/mol. The second kappa shape index (κ2) is 4.07. The average molecular weight is 302 g/mol. The first-order chi connectivity index (χ1) is 8.68. The summed E-state index contributed by atoms with van der Waals surface area (Å²) in [5.74, 6) is -0.952. The van der Waals surface area contributed by atoms with Crippen LogP contribution in [0.5, 0.6) is 0 Å². The minimum absolute atomic E-state index is 0.450.